The predicted molar refractivity (Wildman–Crippen MR) is 101 cm³/mol. The molecule has 0 saturated carbocycles. The number of hydrogen-bond donors (Lipinski definition) is 1. The first kappa shape index (κ1) is 21.0. The van der Waals surface area contributed by atoms with Crippen molar-refractivity contribution in [2.45, 2.75) is 76.3 Å². The molecule has 146 valence electrons. The van der Waals surface area contributed by atoms with Gasteiger partial charge in [0.1, 0.15) is 0 Å². The summed E-state index contributed by atoms with van der Waals surface area (Å²) in [4.78, 5) is 11.3. The van der Waals surface area contributed by atoms with Crippen molar-refractivity contribution in [3.8, 4) is 0 Å². The van der Waals surface area contributed by atoms with Crippen LogP contribution >= 0.6 is 11.8 Å². The van der Waals surface area contributed by atoms with Crippen LogP contribution in [0.4, 0.5) is 0 Å². The molecule has 0 aliphatic carbocycles. The van der Waals surface area contributed by atoms with E-state index in [1.54, 1.807) is 0 Å². The lowest BCUT2D eigenvalue weighted by atomic mass is 9.81. The van der Waals surface area contributed by atoms with Crippen LogP contribution in [0.2, 0.25) is 0 Å². The molecule has 2 heterocycles. The van der Waals surface area contributed by atoms with Gasteiger partial charge in [0, 0.05) is 37.2 Å². The first-order chi connectivity index (χ1) is 12.0. The molecule has 5 unspecified atom stereocenters. The second-order valence-corrected chi connectivity index (χ2v) is 8.97. The first-order valence-electron chi connectivity index (χ1n) is 9.83. The third kappa shape index (κ3) is 6.42. The predicted octanol–water partition coefficient (Wildman–Crippen LogP) is 3.74. The lowest BCUT2D eigenvalue weighted by Gasteiger charge is -2.28. The van der Waals surface area contributed by atoms with E-state index in [4.69, 9.17) is 14.7 Å². The highest BCUT2D eigenvalue weighted by molar-refractivity contribution is 7.99. The van der Waals surface area contributed by atoms with Crippen LogP contribution in [0.15, 0.2) is 0 Å². The Labute approximate surface area is 156 Å². The molecular formula is C19H35NO4S. The molecule has 5 nitrogen and oxygen atoms in total. The SMILES string of the molecule is CCCC(C)SCC1C2CCC(O2)C1COCCCCC(=O)N(C)O. The largest absolute Gasteiger partial charge is 0.381 e. The molecule has 2 aliphatic heterocycles. The molecule has 6 heteroatoms. The molecule has 2 fully saturated rings. The van der Waals surface area contributed by atoms with Gasteiger partial charge in [0.15, 0.2) is 0 Å². The van der Waals surface area contributed by atoms with Gasteiger partial charge in [-0.25, -0.2) is 5.06 Å². The fourth-order valence-corrected chi connectivity index (χ4v) is 5.37. The normalized spacial score (nSPS) is 29.1. The molecule has 2 saturated heterocycles. The van der Waals surface area contributed by atoms with E-state index in [1.807, 2.05) is 0 Å². The number of fused-ring (bicyclic) bond motifs is 2. The van der Waals surface area contributed by atoms with Crippen LogP contribution in [-0.4, -0.2) is 59.6 Å². The van der Waals surface area contributed by atoms with Crippen molar-refractivity contribution in [3.05, 3.63) is 0 Å². The Morgan fingerprint density at radius 1 is 1.32 bits per heavy atom. The molecule has 0 aromatic heterocycles. The number of amides is 1. The van der Waals surface area contributed by atoms with Crippen LogP contribution in [0, 0.1) is 11.8 Å². The second kappa shape index (κ2) is 10.8. The topological polar surface area (TPSA) is 59.0 Å². The molecule has 0 spiro atoms. The van der Waals surface area contributed by atoms with Crippen molar-refractivity contribution in [2.24, 2.45) is 11.8 Å². The number of hydrogen-bond acceptors (Lipinski definition) is 5. The van der Waals surface area contributed by atoms with Crippen molar-refractivity contribution >= 4 is 17.7 Å². The number of nitrogens with zero attached hydrogens (tertiary/aromatic N) is 1. The van der Waals surface area contributed by atoms with E-state index in [-0.39, 0.29) is 5.91 Å². The maximum Gasteiger partial charge on any atom is 0.245 e. The molecule has 0 radical (unpaired) electrons. The number of hydroxylamine groups is 2. The monoisotopic (exact) mass is 373 g/mol. The summed E-state index contributed by atoms with van der Waals surface area (Å²) in [6.07, 6.45) is 7.76. The number of rotatable bonds is 12. The standard InChI is InChI=1S/C19H35NO4S/c1-4-7-14(2)25-13-16-15(17-9-10-18(16)24-17)12-23-11-6-5-8-19(21)20(3)22/h14-18,22H,4-13H2,1-3H3. The van der Waals surface area contributed by atoms with Crippen LogP contribution in [0.5, 0.6) is 0 Å². The third-order valence-electron chi connectivity index (χ3n) is 5.46. The quantitative estimate of drug-likeness (QED) is 0.321. The lowest BCUT2D eigenvalue weighted by Crippen LogP contribution is -2.33. The first-order valence-corrected chi connectivity index (χ1v) is 10.9. The summed E-state index contributed by atoms with van der Waals surface area (Å²) < 4.78 is 12.1. The van der Waals surface area contributed by atoms with Gasteiger partial charge in [0.25, 0.3) is 0 Å². The van der Waals surface area contributed by atoms with Gasteiger partial charge < -0.3 is 9.47 Å². The zero-order chi connectivity index (χ0) is 18.2. The van der Waals surface area contributed by atoms with E-state index in [0.29, 0.717) is 42.1 Å². The van der Waals surface area contributed by atoms with Crippen molar-refractivity contribution in [3.63, 3.8) is 0 Å². The second-order valence-electron chi connectivity index (χ2n) is 7.50. The van der Waals surface area contributed by atoms with Crippen LogP contribution in [0.1, 0.15) is 58.8 Å². The smallest absolute Gasteiger partial charge is 0.245 e. The highest BCUT2D eigenvalue weighted by atomic mass is 32.2. The van der Waals surface area contributed by atoms with Gasteiger partial charge in [-0.3, -0.25) is 10.0 Å². The summed E-state index contributed by atoms with van der Waals surface area (Å²) in [7, 11) is 1.37. The zero-order valence-electron chi connectivity index (χ0n) is 16.0. The summed E-state index contributed by atoms with van der Waals surface area (Å²) in [5, 5.41) is 10.4. The Balaban J connectivity index is 1.64. The van der Waals surface area contributed by atoms with Crippen LogP contribution in [0.25, 0.3) is 0 Å². The Kier molecular flexibility index (Phi) is 9.03. The third-order valence-corrected chi connectivity index (χ3v) is 6.84. The van der Waals surface area contributed by atoms with E-state index in [2.05, 4.69) is 25.6 Å². The highest BCUT2D eigenvalue weighted by Crippen LogP contribution is 2.45. The molecule has 25 heavy (non-hydrogen) atoms. The van der Waals surface area contributed by atoms with Crippen LogP contribution in [0.3, 0.4) is 0 Å². The number of unbranched alkanes of at least 4 members (excludes halogenated alkanes) is 1. The molecule has 1 N–H and O–H groups in total. The molecule has 0 aromatic carbocycles. The number of carbonyl (C=O) groups is 1. The van der Waals surface area contributed by atoms with E-state index in [1.165, 1.54) is 38.5 Å². The van der Waals surface area contributed by atoms with Gasteiger partial charge in [0.2, 0.25) is 5.91 Å². The van der Waals surface area contributed by atoms with E-state index >= 15 is 0 Å². The molecule has 2 bridgehead atoms. The van der Waals surface area contributed by atoms with Gasteiger partial charge >= 0.3 is 0 Å². The number of ether oxygens (including phenoxy) is 2. The van der Waals surface area contributed by atoms with Gasteiger partial charge in [-0.2, -0.15) is 11.8 Å². The highest BCUT2D eigenvalue weighted by Gasteiger charge is 2.48. The van der Waals surface area contributed by atoms with Crippen molar-refractivity contribution in [1.82, 2.24) is 5.06 Å². The maximum absolute atomic E-state index is 11.3. The molecule has 0 aromatic rings. The molecule has 1 amide bonds. The van der Waals surface area contributed by atoms with Crippen molar-refractivity contribution in [2.75, 3.05) is 26.0 Å². The minimum Gasteiger partial charge on any atom is -0.381 e. The summed E-state index contributed by atoms with van der Waals surface area (Å²) in [6.45, 7) is 6.05. The van der Waals surface area contributed by atoms with E-state index < -0.39 is 0 Å². The van der Waals surface area contributed by atoms with Gasteiger partial charge in [0.05, 0.1) is 18.8 Å². The van der Waals surface area contributed by atoms with E-state index in [9.17, 15) is 4.79 Å². The van der Waals surface area contributed by atoms with Crippen molar-refractivity contribution < 1.29 is 19.5 Å². The summed E-state index contributed by atoms with van der Waals surface area (Å²) in [6, 6.07) is 0. The fourth-order valence-electron chi connectivity index (χ4n) is 3.96. The minimum absolute atomic E-state index is 0.236. The molecule has 5 atom stereocenters. The Hall–Kier alpha value is -0.300. The number of thioether (sulfide) groups is 1. The number of carbonyl (C=O) groups excluding carboxylic acids is 1. The molecule has 2 rings (SSSR count). The Bertz CT molecular complexity index is 407. The lowest BCUT2D eigenvalue weighted by molar-refractivity contribution is -0.159. The Morgan fingerprint density at radius 2 is 2.04 bits per heavy atom. The van der Waals surface area contributed by atoms with E-state index in [0.717, 1.165) is 24.7 Å². The average molecular weight is 374 g/mol. The van der Waals surface area contributed by atoms with Gasteiger partial charge in [-0.05, 0) is 37.9 Å². The van der Waals surface area contributed by atoms with Crippen molar-refractivity contribution in [1.29, 1.82) is 0 Å². The minimum atomic E-state index is -0.236. The summed E-state index contributed by atoms with van der Waals surface area (Å²) in [5.74, 6) is 2.12. The zero-order valence-corrected chi connectivity index (χ0v) is 16.8. The fraction of sp³-hybridized carbons (Fsp3) is 0.947. The molecular weight excluding hydrogens is 338 g/mol. The van der Waals surface area contributed by atoms with Crippen LogP contribution < -0.4 is 0 Å². The maximum atomic E-state index is 11.3. The average Bonchev–Trinajstić information content (AvgIpc) is 3.17. The molecule has 2 aliphatic rings. The summed E-state index contributed by atoms with van der Waals surface area (Å²) in [5.41, 5.74) is 0. The van der Waals surface area contributed by atoms with Gasteiger partial charge in [-0.15, -0.1) is 0 Å². The summed E-state index contributed by atoms with van der Waals surface area (Å²) >= 11 is 2.09. The Morgan fingerprint density at radius 3 is 2.72 bits per heavy atom. The van der Waals surface area contributed by atoms with Gasteiger partial charge in [-0.1, -0.05) is 20.3 Å². The van der Waals surface area contributed by atoms with Crippen LogP contribution in [-0.2, 0) is 14.3 Å².